The van der Waals surface area contributed by atoms with E-state index in [1.54, 1.807) is 0 Å². The van der Waals surface area contributed by atoms with Gasteiger partial charge in [0, 0.05) is 6.20 Å². The van der Waals surface area contributed by atoms with Crippen LogP contribution in [0.5, 0.6) is 0 Å². The second-order valence-electron chi connectivity index (χ2n) is 4.70. The van der Waals surface area contributed by atoms with Gasteiger partial charge in [0.25, 0.3) is 0 Å². The standard InChI is InChI=1S/C12H6BrF3N8/c13-10-21-9(22-23-10)7-8(5-3-17-4-18-5)24-2-1-6(12(14,15)16)19-11(24)20-7/h1-4H,(H,17,18)(H,21,22,23). The fourth-order valence-corrected chi connectivity index (χ4v) is 2.49. The van der Waals surface area contributed by atoms with Gasteiger partial charge in [-0.25, -0.2) is 15.0 Å². The van der Waals surface area contributed by atoms with Crippen LogP contribution >= 0.6 is 15.9 Å². The summed E-state index contributed by atoms with van der Waals surface area (Å²) in [7, 11) is 0. The lowest BCUT2D eigenvalue weighted by molar-refractivity contribution is -0.141. The molecule has 2 N–H and O–H groups in total. The van der Waals surface area contributed by atoms with Gasteiger partial charge in [-0.05, 0) is 22.0 Å². The van der Waals surface area contributed by atoms with Crippen molar-refractivity contribution in [1.29, 1.82) is 0 Å². The fraction of sp³-hybridized carbons (Fsp3) is 0.0833. The predicted molar refractivity (Wildman–Crippen MR) is 78.6 cm³/mol. The first-order valence-electron chi connectivity index (χ1n) is 6.47. The second kappa shape index (κ2) is 5.12. The molecule has 0 aliphatic rings. The van der Waals surface area contributed by atoms with Crippen LogP contribution in [0.1, 0.15) is 5.69 Å². The quantitative estimate of drug-likeness (QED) is 0.540. The molecule has 0 aromatic carbocycles. The summed E-state index contributed by atoms with van der Waals surface area (Å²) >= 11 is 3.14. The van der Waals surface area contributed by atoms with Crippen molar-refractivity contribution in [3.63, 3.8) is 0 Å². The zero-order valence-electron chi connectivity index (χ0n) is 11.5. The molecule has 4 heterocycles. The molecule has 0 unspecified atom stereocenters. The molecule has 0 spiro atoms. The molecule has 12 heteroatoms. The lowest BCUT2D eigenvalue weighted by Gasteiger charge is -2.05. The molecule has 4 aromatic rings. The van der Waals surface area contributed by atoms with Crippen LogP contribution in [0.4, 0.5) is 13.2 Å². The van der Waals surface area contributed by atoms with Crippen molar-refractivity contribution in [2.24, 2.45) is 0 Å². The number of halogens is 4. The predicted octanol–water partition coefficient (Wildman–Crippen LogP) is 2.69. The number of nitrogens with zero attached hydrogens (tertiary/aromatic N) is 6. The summed E-state index contributed by atoms with van der Waals surface area (Å²) in [5.74, 6) is 0.0934. The van der Waals surface area contributed by atoms with Crippen molar-refractivity contribution in [3.8, 4) is 22.9 Å². The molecule has 24 heavy (non-hydrogen) atoms. The van der Waals surface area contributed by atoms with Crippen LogP contribution < -0.4 is 0 Å². The molecule has 0 aliphatic heterocycles. The molecule has 0 saturated heterocycles. The van der Waals surface area contributed by atoms with E-state index in [9.17, 15) is 13.2 Å². The number of rotatable bonds is 2. The van der Waals surface area contributed by atoms with Gasteiger partial charge in [0.2, 0.25) is 11.6 Å². The summed E-state index contributed by atoms with van der Waals surface area (Å²) in [6.07, 6.45) is -0.342. The zero-order valence-corrected chi connectivity index (χ0v) is 13.1. The Balaban J connectivity index is 2.01. The maximum Gasteiger partial charge on any atom is 0.433 e. The summed E-state index contributed by atoms with van der Waals surface area (Å²) < 4.78 is 40.4. The molecule has 0 radical (unpaired) electrons. The lowest BCUT2D eigenvalue weighted by atomic mass is 10.2. The summed E-state index contributed by atoms with van der Waals surface area (Å²) in [6, 6.07) is 0.881. The number of imidazole rings is 2. The van der Waals surface area contributed by atoms with Crippen LogP contribution in [0.25, 0.3) is 28.7 Å². The van der Waals surface area contributed by atoms with Gasteiger partial charge in [-0.1, -0.05) is 0 Å². The van der Waals surface area contributed by atoms with Gasteiger partial charge in [0.05, 0.1) is 18.2 Å². The molecule has 122 valence electrons. The van der Waals surface area contributed by atoms with E-state index in [1.165, 1.54) is 23.1 Å². The number of alkyl halides is 3. The van der Waals surface area contributed by atoms with Gasteiger partial charge in [-0.3, -0.25) is 9.50 Å². The number of aromatic nitrogens is 8. The van der Waals surface area contributed by atoms with E-state index in [4.69, 9.17) is 0 Å². The Hall–Kier alpha value is -2.76. The minimum absolute atomic E-state index is 0.120. The van der Waals surface area contributed by atoms with Gasteiger partial charge in [-0.15, -0.1) is 0 Å². The minimum atomic E-state index is -4.56. The molecule has 0 saturated carbocycles. The van der Waals surface area contributed by atoms with E-state index in [1.807, 2.05) is 0 Å². The maximum absolute atomic E-state index is 12.9. The van der Waals surface area contributed by atoms with E-state index in [2.05, 4.69) is 51.0 Å². The molecule has 0 aliphatic carbocycles. The van der Waals surface area contributed by atoms with Gasteiger partial charge in [0.1, 0.15) is 17.1 Å². The number of aromatic amines is 2. The van der Waals surface area contributed by atoms with E-state index in [-0.39, 0.29) is 17.3 Å². The van der Waals surface area contributed by atoms with Crippen LogP contribution in [0.15, 0.2) is 29.5 Å². The summed E-state index contributed by atoms with van der Waals surface area (Å²) in [5.41, 5.74) is 0.238. The highest BCUT2D eigenvalue weighted by Crippen LogP contribution is 2.32. The third kappa shape index (κ3) is 2.35. The minimum Gasteiger partial charge on any atom is -0.343 e. The van der Waals surface area contributed by atoms with Gasteiger partial charge in [-0.2, -0.15) is 23.3 Å². The monoisotopic (exact) mass is 398 g/mol. The van der Waals surface area contributed by atoms with Gasteiger partial charge < -0.3 is 4.98 Å². The molecule has 4 rings (SSSR count). The first-order chi connectivity index (χ1) is 11.4. The lowest BCUT2D eigenvalue weighted by Crippen LogP contribution is -2.09. The van der Waals surface area contributed by atoms with Crippen LogP contribution in [0.3, 0.4) is 0 Å². The number of hydrogen-bond donors (Lipinski definition) is 2. The Bertz CT molecular complexity index is 1020. The molecule has 0 fully saturated rings. The smallest absolute Gasteiger partial charge is 0.343 e. The van der Waals surface area contributed by atoms with Crippen LogP contribution in [0, 0.1) is 0 Å². The van der Waals surface area contributed by atoms with Crippen molar-refractivity contribution < 1.29 is 13.2 Å². The molecule has 0 atom stereocenters. The molecular formula is C12H6BrF3N8. The molecular weight excluding hydrogens is 393 g/mol. The molecule has 0 bridgehead atoms. The normalized spacial score (nSPS) is 12.2. The zero-order chi connectivity index (χ0) is 16.9. The topological polar surface area (TPSA) is 100 Å². The number of hydrogen-bond acceptors (Lipinski definition) is 5. The van der Waals surface area contributed by atoms with Crippen molar-refractivity contribution in [2.45, 2.75) is 6.18 Å². The molecule has 4 aromatic heterocycles. The first-order valence-corrected chi connectivity index (χ1v) is 7.26. The highest BCUT2D eigenvalue weighted by molar-refractivity contribution is 9.10. The van der Waals surface area contributed by atoms with Gasteiger partial charge in [0.15, 0.2) is 4.73 Å². The Morgan fingerprint density at radius 2 is 2.00 bits per heavy atom. The van der Waals surface area contributed by atoms with Crippen molar-refractivity contribution in [3.05, 3.63) is 35.2 Å². The van der Waals surface area contributed by atoms with E-state index in [0.717, 1.165) is 6.07 Å². The molecule has 0 amide bonds. The Morgan fingerprint density at radius 3 is 2.62 bits per heavy atom. The second-order valence-corrected chi connectivity index (χ2v) is 5.46. The van der Waals surface area contributed by atoms with Crippen LogP contribution in [-0.2, 0) is 6.18 Å². The highest BCUT2D eigenvalue weighted by atomic mass is 79.9. The summed E-state index contributed by atoms with van der Waals surface area (Å²) in [6.45, 7) is 0. The van der Waals surface area contributed by atoms with Crippen molar-refractivity contribution in [1.82, 2.24) is 39.5 Å². The molecule has 8 nitrogen and oxygen atoms in total. The summed E-state index contributed by atoms with van der Waals surface area (Å²) in [4.78, 5) is 18.7. The fourth-order valence-electron chi connectivity index (χ4n) is 2.24. The van der Waals surface area contributed by atoms with Crippen molar-refractivity contribution in [2.75, 3.05) is 0 Å². The number of H-pyrrole nitrogens is 2. The van der Waals surface area contributed by atoms with E-state index in [0.29, 0.717) is 16.1 Å². The van der Waals surface area contributed by atoms with E-state index < -0.39 is 11.9 Å². The number of fused-ring (bicyclic) bond motifs is 1. The maximum atomic E-state index is 12.9. The Labute approximate surface area is 139 Å². The Morgan fingerprint density at radius 1 is 1.17 bits per heavy atom. The third-order valence-electron chi connectivity index (χ3n) is 3.21. The average molecular weight is 399 g/mol. The van der Waals surface area contributed by atoms with Crippen LogP contribution in [-0.4, -0.2) is 39.5 Å². The summed E-state index contributed by atoms with van der Waals surface area (Å²) in [5, 5.41) is 6.58. The Kier molecular flexibility index (Phi) is 3.16. The third-order valence-corrected chi connectivity index (χ3v) is 3.56. The largest absolute Gasteiger partial charge is 0.433 e. The first kappa shape index (κ1) is 14.8. The SMILES string of the molecule is FC(F)(F)c1ccn2c(-c3cnc[nH]3)c(-c3n[nH]c(Br)n3)nc2n1. The van der Waals surface area contributed by atoms with E-state index >= 15 is 0 Å². The highest BCUT2D eigenvalue weighted by Gasteiger charge is 2.33. The van der Waals surface area contributed by atoms with Gasteiger partial charge >= 0.3 is 6.18 Å². The van der Waals surface area contributed by atoms with Crippen molar-refractivity contribution >= 4 is 21.7 Å². The average Bonchev–Trinajstić information content (AvgIpc) is 3.23. The van der Waals surface area contributed by atoms with Crippen LogP contribution in [0.2, 0.25) is 0 Å². The number of nitrogens with one attached hydrogen (secondary N) is 2.